The van der Waals surface area contributed by atoms with E-state index in [9.17, 15) is 23.6 Å². The summed E-state index contributed by atoms with van der Waals surface area (Å²) in [6.45, 7) is 10.3. The maximum atomic E-state index is 14.4. The highest BCUT2D eigenvalue weighted by molar-refractivity contribution is 6.31. The van der Waals surface area contributed by atoms with Gasteiger partial charge in [0.1, 0.15) is 52.4 Å². The predicted molar refractivity (Wildman–Crippen MR) is 481 cm³/mol. The van der Waals surface area contributed by atoms with Crippen LogP contribution in [0.25, 0.3) is 45.6 Å². The number of ether oxygens (including phenoxy) is 8. The molecule has 16 heterocycles. The summed E-state index contributed by atoms with van der Waals surface area (Å²) in [5.41, 5.74) is 8.14. The molecule has 668 valence electrons. The Hall–Kier alpha value is -13.8. The Kier molecular flexibility index (Phi) is 27.1. The van der Waals surface area contributed by atoms with Crippen molar-refractivity contribution >= 4 is 35.2 Å². The summed E-state index contributed by atoms with van der Waals surface area (Å²) in [6.07, 6.45) is 32.4. The zero-order chi connectivity index (χ0) is 90.1. The number of nitrogens with zero attached hydrogens (tertiary/aromatic N) is 17. The second kappa shape index (κ2) is 39.9. The van der Waals surface area contributed by atoms with Gasteiger partial charge in [0.05, 0.1) is 92.9 Å². The molecule has 12 unspecified atom stereocenters. The normalized spacial score (nSPS) is 21.8. The number of amides is 4. The first kappa shape index (κ1) is 88.3. The maximum Gasteiger partial charge on any atom is 0.258 e. The van der Waals surface area contributed by atoms with Gasteiger partial charge in [0.15, 0.2) is 29.1 Å². The number of fused-ring (bicyclic) bond motifs is 12. The number of aryl methyl sites for hydroxylation is 4. The number of hydrogen-bond acceptors (Lipinski definition) is 25. The van der Waals surface area contributed by atoms with Crippen LogP contribution in [0.3, 0.4) is 0 Å². The minimum Gasteiger partial charge on any atom is -0.496 e. The number of carbonyl (C=O) groups excluding carboxylic acids is 4. The quantitative estimate of drug-likeness (QED) is 0.0684. The van der Waals surface area contributed by atoms with Gasteiger partial charge in [-0.3, -0.25) is 24.2 Å². The van der Waals surface area contributed by atoms with Crippen LogP contribution in [-0.4, -0.2) is 211 Å². The smallest absolute Gasteiger partial charge is 0.258 e. The molecule has 12 atom stereocenters. The van der Waals surface area contributed by atoms with Crippen molar-refractivity contribution in [2.45, 2.75) is 153 Å². The average Bonchev–Trinajstić information content (AvgIpc) is 0.771. The number of rotatable bonds is 20. The fourth-order valence-electron chi connectivity index (χ4n) is 19.5. The van der Waals surface area contributed by atoms with E-state index in [4.69, 9.17) is 49.5 Å². The van der Waals surface area contributed by atoms with Crippen molar-refractivity contribution in [2.24, 2.45) is 23.7 Å². The molecule has 4 aliphatic carbocycles. The summed E-state index contributed by atoms with van der Waals surface area (Å²) in [5.74, 6) is 6.04. The molecule has 8 bridgehead atoms. The SMILES string of the molecule is COc1cccc(-c2ncccn2)c1C(=O)N1CC2CCC1C(Oc1ccc(C)cn1)C2.COc1cccc(-c2ncccn2)c1C(=O)N1CC2CCC1C(Oc1cnc(C)cn1)C2.COc1cccc(-c2ncccn2)c1C(=O)N1CC2CCC1C(Oc1ncc(C)cc1Cl)C2.COc1cccc(-c2ncccn2)c1C(=O)N1CC2CCC1C(Oc1ncc(C)cc1F)C2. The number of pyridine rings is 3. The van der Waals surface area contributed by atoms with E-state index < -0.39 is 5.82 Å². The van der Waals surface area contributed by atoms with E-state index in [1.165, 1.54) is 6.07 Å². The Labute approximate surface area is 758 Å². The van der Waals surface area contributed by atoms with Crippen molar-refractivity contribution in [2.75, 3.05) is 54.6 Å². The molecule has 8 aromatic heterocycles. The summed E-state index contributed by atoms with van der Waals surface area (Å²) in [4.78, 5) is 120. The zero-order valence-corrected chi connectivity index (χ0v) is 74.3. The molecule has 0 radical (unpaired) electrons. The molecule has 29 nitrogen and oxygen atoms in total. The number of carbonyl (C=O) groups is 4. The van der Waals surface area contributed by atoms with E-state index in [2.05, 4.69) is 64.8 Å². The van der Waals surface area contributed by atoms with Crippen LogP contribution in [-0.2, 0) is 0 Å². The molecular formula is C99H101ClFN17O12. The third-order valence-corrected chi connectivity index (χ3v) is 25.9. The monoisotopic (exact) mass is 1770 g/mol. The largest absolute Gasteiger partial charge is 0.496 e. The number of hydrogen-bond donors (Lipinski definition) is 0. The van der Waals surface area contributed by atoms with E-state index in [0.717, 1.165) is 106 Å². The van der Waals surface area contributed by atoms with Gasteiger partial charge in [0, 0.05) is 123 Å². The molecule has 12 aliphatic rings. The average molecular weight is 1780 g/mol. The molecule has 130 heavy (non-hydrogen) atoms. The van der Waals surface area contributed by atoms with E-state index in [1.807, 2.05) is 113 Å². The zero-order valence-electron chi connectivity index (χ0n) is 73.6. The van der Waals surface area contributed by atoms with Gasteiger partial charge in [0.2, 0.25) is 17.6 Å². The Morgan fingerprint density at radius 3 is 0.954 bits per heavy atom. The van der Waals surface area contributed by atoms with Gasteiger partial charge in [-0.2, -0.15) is 0 Å². The fraction of sp³-hybridized carbons (Fsp3) is 0.364. The Morgan fingerprint density at radius 2 is 0.646 bits per heavy atom. The Balaban J connectivity index is 0.000000121. The van der Waals surface area contributed by atoms with Gasteiger partial charge in [0.25, 0.3) is 29.5 Å². The van der Waals surface area contributed by atoms with Gasteiger partial charge in [-0.05, 0) is 206 Å². The summed E-state index contributed by atoms with van der Waals surface area (Å²) < 4.78 is 61.5. The Bertz CT molecular complexity index is 5650. The highest BCUT2D eigenvalue weighted by Crippen LogP contribution is 2.47. The molecule has 24 rings (SSSR count). The van der Waals surface area contributed by atoms with Gasteiger partial charge in [-0.1, -0.05) is 66.2 Å². The first-order valence-electron chi connectivity index (χ1n) is 44.0. The van der Waals surface area contributed by atoms with Crippen molar-refractivity contribution in [1.82, 2.24) is 84.4 Å². The van der Waals surface area contributed by atoms with Gasteiger partial charge >= 0.3 is 0 Å². The van der Waals surface area contributed by atoms with Crippen LogP contribution < -0.4 is 37.9 Å². The van der Waals surface area contributed by atoms with E-state index in [-0.39, 0.29) is 84.0 Å². The summed E-state index contributed by atoms with van der Waals surface area (Å²) in [6, 6.07) is 35.8. The van der Waals surface area contributed by atoms with Crippen molar-refractivity contribution in [3.8, 4) is 92.1 Å². The number of benzene rings is 4. The predicted octanol–water partition coefficient (Wildman–Crippen LogP) is 15.9. The topological polar surface area (TPSA) is 323 Å². The van der Waals surface area contributed by atoms with E-state index in [1.54, 1.807) is 158 Å². The lowest BCUT2D eigenvalue weighted by atomic mass is 9.77. The summed E-state index contributed by atoms with van der Waals surface area (Å²) >= 11 is 6.38. The minimum absolute atomic E-state index is 0.00921. The number of piperidine rings is 8. The van der Waals surface area contributed by atoms with Crippen LogP contribution in [0.15, 0.2) is 202 Å². The molecule has 0 N–H and O–H groups in total. The molecule has 12 aromatic rings. The fourth-order valence-corrected chi connectivity index (χ4v) is 19.8. The van der Waals surface area contributed by atoms with Gasteiger partial charge < -0.3 is 57.5 Å². The molecule has 4 aromatic carbocycles. The first-order chi connectivity index (χ1) is 63.4. The van der Waals surface area contributed by atoms with Crippen LogP contribution in [0, 0.1) is 57.2 Å². The molecule has 0 spiro atoms. The summed E-state index contributed by atoms with van der Waals surface area (Å²) in [7, 11) is 6.27. The van der Waals surface area contributed by atoms with Crippen molar-refractivity contribution < 1.29 is 61.5 Å². The lowest BCUT2D eigenvalue weighted by Crippen LogP contribution is -2.59. The van der Waals surface area contributed by atoms with Crippen LogP contribution in [0.2, 0.25) is 5.02 Å². The van der Waals surface area contributed by atoms with E-state index in [0.29, 0.717) is 151 Å². The Morgan fingerprint density at radius 1 is 0.331 bits per heavy atom. The van der Waals surface area contributed by atoms with Crippen LogP contribution >= 0.6 is 11.6 Å². The van der Waals surface area contributed by atoms with E-state index >= 15 is 0 Å². The van der Waals surface area contributed by atoms with Crippen LogP contribution in [0.5, 0.6) is 46.5 Å². The molecular weight excluding hydrogens is 1670 g/mol. The summed E-state index contributed by atoms with van der Waals surface area (Å²) in [5, 5.41) is 0.488. The number of methoxy groups -OCH3 is 4. The van der Waals surface area contributed by atoms with Gasteiger partial charge in [-0.15, -0.1) is 0 Å². The third-order valence-electron chi connectivity index (χ3n) is 25.6. The second-order valence-electron chi connectivity index (χ2n) is 34.0. The first-order valence-corrected chi connectivity index (χ1v) is 44.4. The minimum atomic E-state index is -0.484. The number of aromatic nitrogens is 13. The van der Waals surface area contributed by atoms with Crippen molar-refractivity contribution in [3.63, 3.8) is 0 Å². The van der Waals surface area contributed by atoms with Gasteiger partial charge in [-0.25, -0.2) is 64.2 Å². The molecule has 8 saturated heterocycles. The molecule has 31 heteroatoms. The van der Waals surface area contributed by atoms with Crippen molar-refractivity contribution in [3.05, 3.63) is 257 Å². The molecule has 4 saturated carbocycles. The third kappa shape index (κ3) is 19.2. The highest BCUT2D eigenvalue weighted by atomic mass is 35.5. The molecule has 4 amide bonds. The second-order valence-corrected chi connectivity index (χ2v) is 34.4. The maximum absolute atomic E-state index is 14.4. The lowest BCUT2D eigenvalue weighted by molar-refractivity contribution is -0.0327. The van der Waals surface area contributed by atoms with Crippen LogP contribution in [0.4, 0.5) is 4.39 Å². The number of halogens is 2. The van der Waals surface area contributed by atoms with Crippen LogP contribution in [0.1, 0.15) is 141 Å². The molecule has 8 aliphatic heterocycles. The highest BCUT2D eigenvalue weighted by Gasteiger charge is 2.50. The van der Waals surface area contributed by atoms with Crippen molar-refractivity contribution in [1.29, 1.82) is 0 Å². The lowest BCUT2D eigenvalue weighted by Gasteiger charge is -2.49. The molecule has 12 fully saturated rings. The standard InChI is InChI=1S/C25H25ClN4O3.C25H25FN4O3.C25H26N4O3.C24H25N5O3/c2*1-15-11-18(26)24(29-13-15)33-21-12-16-7-8-19(21)30(14-16)25(31)22-17(5-3-6-20(22)32-2)23-27-9-4-10-28-23;1-16-7-10-22(28-14-16)32-21-13-17-8-9-19(21)29(15-17)25(30)23-18(5-3-6-20(23)31-2)24-26-11-4-12-27-24;1-15-12-28-21(13-27-15)32-20-11-16-7-8-18(20)29(14-16)24(30)22-17(5-3-6-19(22)31-2)23-25-9-4-10-26-23/h2*3-6,9-11,13,16,19,21H,7-8,12,14H2,1-2H3;3-7,10-12,14,17,19,21H,8-9,13,15H2,1-2H3;3-6,9-10,12-13,16,18,20H,7-8,11,14H2,1-2H3.